The van der Waals surface area contributed by atoms with Crippen LogP contribution in [0.25, 0.3) is 0 Å². The lowest BCUT2D eigenvalue weighted by Gasteiger charge is -2.35. The van der Waals surface area contributed by atoms with Crippen molar-refractivity contribution in [1.82, 2.24) is 0 Å². The van der Waals surface area contributed by atoms with Gasteiger partial charge in [-0.05, 0) is 30.5 Å². The summed E-state index contributed by atoms with van der Waals surface area (Å²) in [6, 6.07) is 3.58. The number of nitrogens with one attached hydrogen (secondary N) is 1. The van der Waals surface area contributed by atoms with Crippen molar-refractivity contribution < 1.29 is 4.79 Å². The van der Waals surface area contributed by atoms with Crippen LogP contribution < -0.4 is 10.2 Å². The van der Waals surface area contributed by atoms with E-state index in [1.807, 2.05) is 32.9 Å². The van der Waals surface area contributed by atoms with Crippen LogP contribution in [0.1, 0.15) is 19.4 Å². The Morgan fingerprint density at radius 3 is 2.65 bits per heavy atom. The number of amides is 1. The molecule has 17 heavy (non-hydrogen) atoms. The van der Waals surface area contributed by atoms with Gasteiger partial charge in [-0.3, -0.25) is 4.79 Å². The van der Waals surface area contributed by atoms with Crippen molar-refractivity contribution in [2.24, 2.45) is 5.92 Å². The number of hydrogen-bond acceptors (Lipinski definition) is 2. The van der Waals surface area contributed by atoms with E-state index in [0.29, 0.717) is 5.02 Å². The lowest BCUT2D eigenvalue weighted by Crippen LogP contribution is -2.48. The van der Waals surface area contributed by atoms with Crippen molar-refractivity contribution >= 4 is 28.9 Å². The van der Waals surface area contributed by atoms with Crippen molar-refractivity contribution in [2.45, 2.75) is 26.8 Å². The summed E-state index contributed by atoms with van der Waals surface area (Å²) in [6.45, 7) is 6.08. The van der Waals surface area contributed by atoms with Gasteiger partial charge >= 0.3 is 0 Å². The van der Waals surface area contributed by atoms with E-state index in [9.17, 15) is 4.79 Å². The summed E-state index contributed by atoms with van der Waals surface area (Å²) >= 11 is 6.03. The van der Waals surface area contributed by atoms with E-state index >= 15 is 0 Å². The minimum atomic E-state index is -0.160. The van der Waals surface area contributed by atoms with Gasteiger partial charge in [-0.2, -0.15) is 0 Å². The minimum absolute atomic E-state index is 0.0918. The topological polar surface area (TPSA) is 32.3 Å². The Morgan fingerprint density at radius 1 is 1.41 bits per heavy atom. The fraction of sp³-hybridized carbons (Fsp3) is 0.462. The van der Waals surface area contributed by atoms with Crippen LogP contribution in [0.5, 0.6) is 0 Å². The molecule has 0 bridgehead atoms. The number of aryl methyl sites for hydroxylation is 1. The maximum atomic E-state index is 12.2. The highest BCUT2D eigenvalue weighted by molar-refractivity contribution is 6.31. The average molecular weight is 253 g/mol. The molecule has 0 spiro atoms. The van der Waals surface area contributed by atoms with Gasteiger partial charge in [-0.25, -0.2) is 0 Å². The van der Waals surface area contributed by atoms with E-state index in [-0.39, 0.29) is 17.9 Å². The molecule has 0 fully saturated rings. The summed E-state index contributed by atoms with van der Waals surface area (Å²) in [4.78, 5) is 13.9. The third-order valence-corrected chi connectivity index (χ3v) is 3.42. The highest BCUT2D eigenvalue weighted by Crippen LogP contribution is 2.37. The van der Waals surface area contributed by atoms with Crippen LogP contribution in [0.15, 0.2) is 12.1 Å². The van der Waals surface area contributed by atoms with Crippen LogP contribution in [0.4, 0.5) is 11.4 Å². The second-order valence-corrected chi connectivity index (χ2v) is 5.32. The van der Waals surface area contributed by atoms with E-state index in [2.05, 4.69) is 5.32 Å². The van der Waals surface area contributed by atoms with Crippen LogP contribution in [0.2, 0.25) is 5.02 Å². The summed E-state index contributed by atoms with van der Waals surface area (Å²) in [6.07, 6.45) is 0. The highest BCUT2D eigenvalue weighted by Gasteiger charge is 2.32. The third kappa shape index (κ3) is 2.00. The van der Waals surface area contributed by atoms with E-state index in [4.69, 9.17) is 11.6 Å². The van der Waals surface area contributed by atoms with Gasteiger partial charge < -0.3 is 10.2 Å². The number of likely N-dealkylation sites (N-methyl/N-ethyl adjacent to an activating group) is 1. The van der Waals surface area contributed by atoms with E-state index in [1.165, 1.54) is 0 Å². The molecule has 3 nitrogen and oxygen atoms in total. The zero-order chi connectivity index (χ0) is 12.7. The number of rotatable bonds is 1. The van der Waals surface area contributed by atoms with Crippen LogP contribution in [0, 0.1) is 12.8 Å². The highest BCUT2D eigenvalue weighted by atomic mass is 35.5. The normalized spacial score (nSPS) is 19.3. The molecule has 1 N–H and O–H groups in total. The maximum Gasteiger partial charge on any atom is 0.249 e. The third-order valence-electron chi connectivity index (χ3n) is 3.20. The number of carbonyl (C=O) groups is 1. The summed E-state index contributed by atoms with van der Waals surface area (Å²) in [5.74, 6) is 0.349. The van der Waals surface area contributed by atoms with Crippen molar-refractivity contribution in [3.8, 4) is 0 Å². The molecule has 0 saturated heterocycles. The molecule has 0 aliphatic carbocycles. The van der Waals surface area contributed by atoms with Gasteiger partial charge in [0.25, 0.3) is 0 Å². The standard InChI is InChI=1S/C13H17ClN2O/c1-7(2)11-13(17)16(4)10-6-9(14)5-8(3)12(10)15-11/h5-7,11,15H,1-4H3. The van der Waals surface area contributed by atoms with Crippen molar-refractivity contribution in [3.05, 3.63) is 22.7 Å². The predicted molar refractivity (Wildman–Crippen MR) is 71.8 cm³/mol. The molecular formula is C13H17ClN2O. The van der Waals surface area contributed by atoms with Gasteiger partial charge in [0.2, 0.25) is 5.91 Å². The molecule has 1 unspecified atom stereocenters. The Labute approximate surface area is 107 Å². The van der Waals surface area contributed by atoms with E-state index in [1.54, 1.807) is 11.9 Å². The fourth-order valence-corrected chi connectivity index (χ4v) is 2.44. The van der Waals surface area contributed by atoms with Gasteiger partial charge in [0.15, 0.2) is 0 Å². The number of halogens is 1. The Morgan fingerprint density at radius 2 is 2.06 bits per heavy atom. The van der Waals surface area contributed by atoms with Crippen molar-refractivity contribution in [3.63, 3.8) is 0 Å². The maximum absolute atomic E-state index is 12.2. The Balaban J connectivity index is 2.53. The van der Waals surface area contributed by atoms with Gasteiger partial charge in [0, 0.05) is 12.1 Å². The number of carbonyl (C=O) groups excluding carboxylic acids is 1. The van der Waals surface area contributed by atoms with Crippen molar-refractivity contribution in [2.75, 3.05) is 17.3 Å². The molecule has 2 rings (SSSR count). The number of fused-ring (bicyclic) bond motifs is 1. The molecule has 0 saturated carbocycles. The SMILES string of the molecule is Cc1cc(Cl)cc2c1NC(C(C)C)C(=O)N2C. The van der Waals surface area contributed by atoms with Crippen LogP contribution in [0.3, 0.4) is 0 Å². The minimum Gasteiger partial charge on any atom is -0.372 e. The fourth-order valence-electron chi connectivity index (χ4n) is 2.17. The van der Waals surface area contributed by atoms with E-state index in [0.717, 1.165) is 16.9 Å². The second-order valence-electron chi connectivity index (χ2n) is 4.88. The quantitative estimate of drug-likeness (QED) is 0.833. The number of benzene rings is 1. The first kappa shape index (κ1) is 12.2. The number of hydrogen-bond donors (Lipinski definition) is 1. The molecular weight excluding hydrogens is 236 g/mol. The number of anilines is 2. The van der Waals surface area contributed by atoms with Crippen LogP contribution in [-0.4, -0.2) is 19.0 Å². The Hall–Kier alpha value is -1.22. The molecule has 1 heterocycles. The monoisotopic (exact) mass is 252 g/mol. The molecule has 1 aliphatic heterocycles. The van der Waals surface area contributed by atoms with Gasteiger partial charge in [0.05, 0.1) is 11.4 Å². The molecule has 4 heteroatoms. The summed E-state index contributed by atoms with van der Waals surface area (Å²) < 4.78 is 0. The molecule has 1 aliphatic rings. The van der Waals surface area contributed by atoms with Crippen LogP contribution in [-0.2, 0) is 4.79 Å². The first-order valence-electron chi connectivity index (χ1n) is 5.76. The molecule has 1 aromatic rings. The molecule has 1 atom stereocenters. The Bertz CT molecular complexity index is 471. The summed E-state index contributed by atoms with van der Waals surface area (Å²) in [7, 11) is 1.80. The first-order valence-corrected chi connectivity index (χ1v) is 6.14. The molecule has 92 valence electrons. The van der Waals surface area contributed by atoms with Crippen LogP contribution >= 0.6 is 11.6 Å². The van der Waals surface area contributed by atoms with E-state index < -0.39 is 0 Å². The molecule has 0 radical (unpaired) electrons. The molecule has 0 aromatic heterocycles. The molecule has 1 amide bonds. The number of nitrogens with zero attached hydrogens (tertiary/aromatic N) is 1. The summed E-state index contributed by atoms with van der Waals surface area (Å²) in [5, 5.41) is 3.98. The van der Waals surface area contributed by atoms with Gasteiger partial charge in [-0.15, -0.1) is 0 Å². The summed E-state index contributed by atoms with van der Waals surface area (Å²) in [5.41, 5.74) is 2.93. The van der Waals surface area contributed by atoms with Gasteiger partial charge in [-0.1, -0.05) is 25.4 Å². The average Bonchev–Trinajstić information content (AvgIpc) is 2.23. The first-order chi connectivity index (χ1) is 7.91. The zero-order valence-electron chi connectivity index (χ0n) is 10.5. The van der Waals surface area contributed by atoms with Gasteiger partial charge in [0.1, 0.15) is 6.04 Å². The Kier molecular flexibility index (Phi) is 3.04. The largest absolute Gasteiger partial charge is 0.372 e. The second kappa shape index (κ2) is 4.22. The molecule has 1 aromatic carbocycles. The smallest absolute Gasteiger partial charge is 0.249 e. The lowest BCUT2D eigenvalue weighted by atomic mass is 9.98. The predicted octanol–water partition coefficient (Wildman–Crippen LogP) is 3.06. The lowest BCUT2D eigenvalue weighted by molar-refractivity contribution is -0.120. The van der Waals surface area contributed by atoms with Crippen molar-refractivity contribution in [1.29, 1.82) is 0 Å². The zero-order valence-corrected chi connectivity index (χ0v) is 11.3.